The van der Waals surface area contributed by atoms with Crippen molar-refractivity contribution in [2.24, 2.45) is 5.73 Å². The van der Waals surface area contributed by atoms with Gasteiger partial charge in [-0.15, -0.1) is 0 Å². The zero-order valence-corrected chi connectivity index (χ0v) is 11.8. The molecule has 1 fully saturated rings. The van der Waals surface area contributed by atoms with E-state index >= 15 is 0 Å². The van der Waals surface area contributed by atoms with Crippen LogP contribution < -0.4 is 5.73 Å². The third-order valence-corrected chi connectivity index (χ3v) is 3.87. The summed E-state index contributed by atoms with van der Waals surface area (Å²) in [5, 5.41) is 0. The van der Waals surface area contributed by atoms with Crippen LogP contribution in [0.4, 0.5) is 0 Å². The normalized spacial score (nSPS) is 25.2. The van der Waals surface area contributed by atoms with Crippen molar-refractivity contribution in [3.05, 3.63) is 35.9 Å². The molecule has 2 rings (SSSR count). The van der Waals surface area contributed by atoms with Crippen LogP contribution in [0.3, 0.4) is 0 Å². The van der Waals surface area contributed by atoms with Gasteiger partial charge in [-0.1, -0.05) is 30.3 Å². The molecule has 18 heavy (non-hydrogen) atoms. The smallest absolute Gasteiger partial charge is 0.0354 e. The van der Waals surface area contributed by atoms with Gasteiger partial charge < -0.3 is 10.6 Å². The van der Waals surface area contributed by atoms with Gasteiger partial charge in [0.05, 0.1) is 0 Å². The molecule has 0 saturated carbocycles. The highest BCUT2D eigenvalue weighted by Crippen LogP contribution is 2.26. The molecule has 0 bridgehead atoms. The summed E-state index contributed by atoms with van der Waals surface area (Å²) in [6.45, 7) is 8.50. The molecule has 3 nitrogen and oxygen atoms in total. The Morgan fingerprint density at radius 2 is 1.94 bits per heavy atom. The van der Waals surface area contributed by atoms with Gasteiger partial charge >= 0.3 is 0 Å². The Kier molecular flexibility index (Phi) is 4.05. The molecular weight excluding hydrogens is 222 g/mol. The molecule has 0 radical (unpaired) electrons. The van der Waals surface area contributed by atoms with E-state index in [2.05, 4.69) is 61.0 Å². The van der Waals surface area contributed by atoms with E-state index in [1.54, 1.807) is 0 Å². The molecule has 0 aromatic heterocycles. The summed E-state index contributed by atoms with van der Waals surface area (Å²) in [6, 6.07) is 11.1. The lowest BCUT2D eigenvalue weighted by atomic mass is 9.94. The molecule has 1 aliphatic heterocycles. The van der Waals surface area contributed by atoms with Crippen LogP contribution in [-0.2, 0) is 6.54 Å². The number of hydrogen-bond donors (Lipinski definition) is 1. The standard InChI is InChI=1S/C15H25N3/c1-15(2)12-17(3)11-14(9-16)18(15)10-13-7-5-4-6-8-13/h4-8,14H,9-12,16H2,1-3H3. The first-order valence-corrected chi connectivity index (χ1v) is 6.72. The van der Waals surface area contributed by atoms with E-state index in [0.717, 1.165) is 26.2 Å². The van der Waals surface area contributed by atoms with Crippen LogP contribution in [0.15, 0.2) is 30.3 Å². The number of likely N-dealkylation sites (N-methyl/N-ethyl adjacent to an activating group) is 1. The second-order valence-electron chi connectivity index (χ2n) is 6.01. The van der Waals surface area contributed by atoms with Crippen molar-refractivity contribution < 1.29 is 0 Å². The number of hydrogen-bond acceptors (Lipinski definition) is 3. The van der Waals surface area contributed by atoms with Crippen molar-refractivity contribution in [1.82, 2.24) is 9.80 Å². The molecular formula is C15H25N3. The van der Waals surface area contributed by atoms with Gasteiger partial charge in [0.15, 0.2) is 0 Å². The number of benzene rings is 1. The first kappa shape index (κ1) is 13.5. The maximum absolute atomic E-state index is 5.96. The molecule has 2 N–H and O–H groups in total. The second kappa shape index (κ2) is 5.39. The van der Waals surface area contributed by atoms with E-state index in [0.29, 0.717) is 6.04 Å². The molecule has 0 spiro atoms. The van der Waals surface area contributed by atoms with E-state index in [1.165, 1.54) is 5.56 Å². The van der Waals surface area contributed by atoms with E-state index in [-0.39, 0.29) is 5.54 Å². The minimum atomic E-state index is 0.173. The zero-order chi connectivity index (χ0) is 13.2. The average Bonchev–Trinajstić information content (AvgIpc) is 2.33. The van der Waals surface area contributed by atoms with Crippen molar-refractivity contribution in [2.75, 3.05) is 26.7 Å². The average molecular weight is 247 g/mol. The Balaban J connectivity index is 2.17. The summed E-state index contributed by atoms with van der Waals surface area (Å²) in [4.78, 5) is 4.95. The zero-order valence-electron chi connectivity index (χ0n) is 11.8. The predicted octanol–water partition coefficient (Wildman–Crippen LogP) is 1.54. The number of piperazine rings is 1. The van der Waals surface area contributed by atoms with Gasteiger partial charge in [-0.05, 0) is 26.5 Å². The van der Waals surface area contributed by atoms with Crippen molar-refractivity contribution >= 4 is 0 Å². The third-order valence-electron chi connectivity index (χ3n) is 3.87. The molecule has 0 aliphatic carbocycles. The van der Waals surface area contributed by atoms with Crippen LogP contribution in [0.25, 0.3) is 0 Å². The van der Waals surface area contributed by atoms with Crippen LogP contribution in [-0.4, -0.2) is 48.1 Å². The summed E-state index contributed by atoms with van der Waals surface area (Å²) < 4.78 is 0. The van der Waals surface area contributed by atoms with Crippen LogP contribution in [0.1, 0.15) is 19.4 Å². The quantitative estimate of drug-likeness (QED) is 0.879. The van der Waals surface area contributed by atoms with Crippen LogP contribution in [0.2, 0.25) is 0 Å². The van der Waals surface area contributed by atoms with Gasteiger partial charge in [-0.3, -0.25) is 4.90 Å². The highest BCUT2D eigenvalue weighted by atomic mass is 15.3. The highest BCUT2D eigenvalue weighted by molar-refractivity contribution is 5.15. The van der Waals surface area contributed by atoms with Crippen LogP contribution in [0, 0.1) is 0 Å². The summed E-state index contributed by atoms with van der Waals surface area (Å²) in [6.07, 6.45) is 0. The molecule has 3 heteroatoms. The van der Waals surface area contributed by atoms with Crippen molar-refractivity contribution in [1.29, 1.82) is 0 Å². The number of rotatable bonds is 3. The molecule has 1 aromatic rings. The molecule has 1 aliphatic rings. The molecule has 1 aromatic carbocycles. The minimum absolute atomic E-state index is 0.173. The summed E-state index contributed by atoms with van der Waals surface area (Å²) in [5.74, 6) is 0. The second-order valence-corrected chi connectivity index (χ2v) is 6.01. The molecule has 1 unspecified atom stereocenters. The molecule has 100 valence electrons. The SMILES string of the molecule is CN1CC(CN)N(Cc2ccccc2)C(C)(C)C1. The first-order chi connectivity index (χ1) is 8.53. The molecule has 1 saturated heterocycles. The lowest BCUT2D eigenvalue weighted by Crippen LogP contribution is -2.64. The van der Waals surface area contributed by atoms with Gasteiger partial charge in [0, 0.05) is 37.8 Å². The van der Waals surface area contributed by atoms with Gasteiger partial charge in [0.25, 0.3) is 0 Å². The highest BCUT2D eigenvalue weighted by Gasteiger charge is 2.37. The third kappa shape index (κ3) is 2.91. The number of nitrogens with zero attached hydrogens (tertiary/aromatic N) is 2. The Morgan fingerprint density at radius 3 is 2.56 bits per heavy atom. The van der Waals surface area contributed by atoms with Crippen molar-refractivity contribution in [3.63, 3.8) is 0 Å². The Bertz CT molecular complexity index is 375. The van der Waals surface area contributed by atoms with Gasteiger partial charge in [0.2, 0.25) is 0 Å². The Hall–Kier alpha value is -0.900. The lowest BCUT2D eigenvalue weighted by molar-refractivity contribution is -0.0187. The van der Waals surface area contributed by atoms with E-state index in [1.807, 2.05) is 0 Å². The summed E-state index contributed by atoms with van der Waals surface area (Å²) in [5.41, 5.74) is 7.50. The molecule has 1 atom stereocenters. The van der Waals surface area contributed by atoms with Crippen LogP contribution >= 0.6 is 0 Å². The van der Waals surface area contributed by atoms with Gasteiger partial charge in [-0.25, -0.2) is 0 Å². The molecule has 0 amide bonds. The van der Waals surface area contributed by atoms with Crippen LogP contribution in [0.5, 0.6) is 0 Å². The first-order valence-electron chi connectivity index (χ1n) is 6.72. The monoisotopic (exact) mass is 247 g/mol. The Morgan fingerprint density at radius 1 is 1.28 bits per heavy atom. The largest absolute Gasteiger partial charge is 0.329 e. The van der Waals surface area contributed by atoms with Crippen molar-refractivity contribution in [2.45, 2.75) is 32.0 Å². The van der Waals surface area contributed by atoms with Gasteiger partial charge in [0.1, 0.15) is 0 Å². The summed E-state index contributed by atoms with van der Waals surface area (Å²) in [7, 11) is 2.18. The van der Waals surface area contributed by atoms with E-state index < -0.39 is 0 Å². The predicted molar refractivity (Wildman–Crippen MR) is 76.4 cm³/mol. The fourth-order valence-corrected chi connectivity index (χ4v) is 3.09. The number of nitrogens with two attached hydrogens (primary N) is 1. The van der Waals surface area contributed by atoms with E-state index in [9.17, 15) is 0 Å². The lowest BCUT2D eigenvalue weighted by Gasteiger charge is -2.51. The molecule has 1 heterocycles. The van der Waals surface area contributed by atoms with Gasteiger partial charge in [-0.2, -0.15) is 0 Å². The maximum atomic E-state index is 5.96. The fraction of sp³-hybridized carbons (Fsp3) is 0.600. The summed E-state index contributed by atoms with van der Waals surface area (Å²) >= 11 is 0. The van der Waals surface area contributed by atoms with E-state index in [4.69, 9.17) is 5.73 Å². The van der Waals surface area contributed by atoms with Crippen molar-refractivity contribution in [3.8, 4) is 0 Å². The maximum Gasteiger partial charge on any atom is 0.0354 e. The fourth-order valence-electron chi connectivity index (χ4n) is 3.09. The Labute approximate surface area is 111 Å². The topological polar surface area (TPSA) is 32.5 Å². The minimum Gasteiger partial charge on any atom is -0.329 e.